The van der Waals surface area contributed by atoms with Crippen molar-refractivity contribution in [1.29, 1.82) is 0 Å². The van der Waals surface area contributed by atoms with E-state index in [1.165, 1.54) is 36.8 Å². The lowest BCUT2D eigenvalue weighted by molar-refractivity contribution is 0.261. The van der Waals surface area contributed by atoms with E-state index in [1.54, 1.807) is 0 Å². The first-order valence-electron chi connectivity index (χ1n) is 19.9. The second-order valence-corrected chi connectivity index (χ2v) is 14.7. The minimum Gasteiger partial charge on any atom is -0.490 e. The lowest BCUT2D eigenvalue weighted by atomic mass is 9.97. The van der Waals surface area contributed by atoms with E-state index in [1.807, 2.05) is 12.2 Å². The largest absolute Gasteiger partial charge is 0.490 e. The van der Waals surface area contributed by atoms with Crippen LogP contribution in [-0.2, 0) is 44.6 Å². The van der Waals surface area contributed by atoms with Crippen LogP contribution in [0.5, 0.6) is 23.0 Å². The molecule has 4 aromatic carbocycles. The highest BCUT2D eigenvalue weighted by atomic mass is 16.6. The van der Waals surface area contributed by atoms with Gasteiger partial charge in [-0.05, 0) is 60.8 Å². The van der Waals surface area contributed by atoms with Crippen LogP contribution in [0.25, 0.3) is 21.5 Å². The molecule has 4 saturated heterocycles. The van der Waals surface area contributed by atoms with E-state index in [0.717, 1.165) is 108 Å². The lowest BCUT2D eigenvalue weighted by Gasteiger charge is -2.18. The van der Waals surface area contributed by atoms with Gasteiger partial charge in [-0.3, -0.25) is 0 Å². The average molecular weight is 737 g/mol. The predicted octanol–water partition coefficient (Wildman–Crippen LogP) is 8.93. The summed E-state index contributed by atoms with van der Waals surface area (Å²) in [5.41, 5.74) is 4.82. The lowest BCUT2D eigenvalue weighted by Crippen LogP contribution is -2.09. The molecule has 8 rings (SSSR count). The number of ether oxygens (including phenoxy) is 8. The van der Waals surface area contributed by atoms with Crippen LogP contribution in [0.15, 0.2) is 73.8 Å². The van der Waals surface area contributed by atoms with Crippen molar-refractivity contribution >= 4 is 21.5 Å². The van der Waals surface area contributed by atoms with Crippen LogP contribution in [-0.4, -0.2) is 77.3 Å². The topological polar surface area (TPSA) is 87.0 Å². The molecule has 0 amide bonds. The van der Waals surface area contributed by atoms with E-state index < -0.39 is 0 Å². The predicted molar refractivity (Wildman–Crippen MR) is 214 cm³/mol. The molecule has 0 spiro atoms. The van der Waals surface area contributed by atoms with Crippen molar-refractivity contribution in [3.63, 3.8) is 0 Å². The number of hydrogen-bond donors (Lipinski definition) is 0. The highest BCUT2D eigenvalue weighted by Crippen LogP contribution is 2.41. The number of hydrogen-bond acceptors (Lipinski definition) is 8. The van der Waals surface area contributed by atoms with Gasteiger partial charge in [0.2, 0.25) is 0 Å². The zero-order valence-corrected chi connectivity index (χ0v) is 32.1. The first-order valence-corrected chi connectivity index (χ1v) is 19.9. The molecule has 0 N–H and O–H groups in total. The van der Waals surface area contributed by atoms with E-state index in [0.29, 0.717) is 26.4 Å². The van der Waals surface area contributed by atoms with E-state index in [9.17, 15) is 0 Å². The Kier molecular flexibility index (Phi) is 13.1. The number of fused-ring (bicyclic) bond motifs is 2. The molecule has 54 heavy (non-hydrogen) atoms. The number of epoxide rings is 4. The van der Waals surface area contributed by atoms with Crippen molar-refractivity contribution < 1.29 is 37.9 Å². The minimum absolute atomic E-state index is 0.213. The Morgan fingerprint density at radius 2 is 0.759 bits per heavy atom. The fourth-order valence-corrected chi connectivity index (χ4v) is 6.69. The van der Waals surface area contributed by atoms with Gasteiger partial charge >= 0.3 is 0 Å². The van der Waals surface area contributed by atoms with Gasteiger partial charge in [0, 0.05) is 21.5 Å². The van der Waals surface area contributed by atoms with E-state index in [2.05, 4.69) is 75.5 Å². The Bertz CT molecular complexity index is 1750. The molecule has 8 nitrogen and oxygen atoms in total. The third-order valence-electron chi connectivity index (χ3n) is 10.1. The van der Waals surface area contributed by atoms with Crippen LogP contribution in [0.2, 0.25) is 0 Å². The normalized spacial score (nSPS) is 20.5. The molecule has 0 bridgehead atoms. The van der Waals surface area contributed by atoms with Crippen molar-refractivity contribution in [2.24, 2.45) is 0 Å². The minimum atomic E-state index is 0.213. The fraction of sp³-hybridized carbons (Fsp3) is 0.478. The second-order valence-electron chi connectivity index (χ2n) is 14.7. The molecule has 0 aliphatic carbocycles. The third kappa shape index (κ3) is 10.2. The summed E-state index contributed by atoms with van der Waals surface area (Å²) in [4.78, 5) is 0. The van der Waals surface area contributed by atoms with E-state index >= 15 is 0 Å². The van der Waals surface area contributed by atoms with Crippen molar-refractivity contribution in [1.82, 2.24) is 0 Å². The molecule has 4 fully saturated rings. The summed E-state index contributed by atoms with van der Waals surface area (Å²) in [7, 11) is 0. The standard InChI is InChI=1S/C24H32O4.C22H24O4/c1-3-5-7-17-9-11-22-21(23(17)27-15-19-13-25-19)12-10-18(8-6-4-2)24(22)28-16-20-14-26-20;1-3-5-15-7-9-20-19(21(15)25-13-17-11-23-17)10-8-16(6-4-2)22(20)26-14-18-12-24-18/h9-12,19-20H,3-8,13-16H2,1-2H3;3-4,7-10,17-18H,1-2,5-6,11-14H2. The third-order valence-corrected chi connectivity index (χ3v) is 10.1. The maximum absolute atomic E-state index is 6.28. The van der Waals surface area contributed by atoms with Gasteiger partial charge in [0.15, 0.2) is 0 Å². The van der Waals surface area contributed by atoms with Crippen LogP contribution in [0.4, 0.5) is 0 Å². The zero-order chi connectivity index (χ0) is 37.3. The zero-order valence-electron chi connectivity index (χ0n) is 32.1. The highest BCUT2D eigenvalue weighted by molar-refractivity contribution is 5.96. The van der Waals surface area contributed by atoms with Gasteiger partial charge < -0.3 is 37.9 Å². The van der Waals surface area contributed by atoms with Crippen molar-refractivity contribution in [2.45, 2.75) is 89.6 Å². The summed E-state index contributed by atoms with van der Waals surface area (Å²) in [6.45, 7) is 17.8. The molecule has 8 heteroatoms. The second kappa shape index (κ2) is 18.5. The summed E-state index contributed by atoms with van der Waals surface area (Å²) in [5.74, 6) is 3.82. The van der Waals surface area contributed by atoms with Gasteiger partial charge in [-0.1, -0.05) is 87.4 Å². The molecule has 0 aromatic heterocycles. The Labute approximate surface area is 320 Å². The first-order chi connectivity index (χ1) is 26.6. The molecule has 4 aliphatic rings. The molecule has 4 aromatic rings. The summed E-state index contributed by atoms with van der Waals surface area (Å²) in [6, 6.07) is 17.3. The number of benzene rings is 4. The monoisotopic (exact) mass is 736 g/mol. The van der Waals surface area contributed by atoms with Crippen LogP contribution in [0.3, 0.4) is 0 Å². The fourth-order valence-electron chi connectivity index (χ4n) is 6.69. The smallest absolute Gasteiger partial charge is 0.130 e. The van der Waals surface area contributed by atoms with Crippen molar-refractivity contribution in [3.05, 3.63) is 96.1 Å². The summed E-state index contributed by atoms with van der Waals surface area (Å²) >= 11 is 0. The number of rotatable bonds is 22. The van der Waals surface area contributed by atoms with Gasteiger partial charge in [-0.15, -0.1) is 13.2 Å². The van der Waals surface area contributed by atoms with E-state index in [4.69, 9.17) is 37.9 Å². The molecule has 288 valence electrons. The first kappa shape index (κ1) is 38.2. The molecule has 4 unspecified atom stereocenters. The summed E-state index contributed by atoms with van der Waals surface area (Å²) in [6.07, 6.45) is 13.0. The number of allylic oxidation sites excluding steroid dienone is 2. The molecule has 4 aliphatic heterocycles. The van der Waals surface area contributed by atoms with Crippen LogP contribution < -0.4 is 18.9 Å². The van der Waals surface area contributed by atoms with Gasteiger partial charge in [-0.2, -0.15) is 0 Å². The number of aryl methyl sites for hydroxylation is 2. The Morgan fingerprint density at radius 3 is 1.02 bits per heavy atom. The molecular weight excluding hydrogens is 680 g/mol. The molecule has 0 saturated carbocycles. The Hall–Kier alpha value is -4.08. The molecular formula is C46H56O8. The Balaban J connectivity index is 0.000000167. The Morgan fingerprint density at radius 1 is 0.481 bits per heavy atom. The van der Waals surface area contributed by atoms with E-state index in [-0.39, 0.29) is 24.4 Å². The average Bonchev–Trinajstić information content (AvgIpc) is 3.97. The molecule has 0 radical (unpaired) electrons. The highest BCUT2D eigenvalue weighted by Gasteiger charge is 2.28. The van der Waals surface area contributed by atoms with Crippen LogP contribution in [0, 0.1) is 0 Å². The van der Waals surface area contributed by atoms with Gasteiger partial charge in [-0.25, -0.2) is 0 Å². The molecule has 4 atom stereocenters. The van der Waals surface area contributed by atoms with Crippen LogP contribution in [0.1, 0.15) is 61.8 Å². The maximum atomic E-state index is 6.28. The summed E-state index contributed by atoms with van der Waals surface area (Å²) < 4.78 is 46.2. The van der Waals surface area contributed by atoms with Crippen molar-refractivity contribution in [2.75, 3.05) is 52.9 Å². The number of unbranched alkanes of at least 4 members (excludes halogenated alkanes) is 2. The van der Waals surface area contributed by atoms with Crippen molar-refractivity contribution in [3.8, 4) is 23.0 Å². The van der Waals surface area contributed by atoms with Gasteiger partial charge in [0.25, 0.3) is 0 Å². The van der Waals surface area contributed by atoms with Gasteiger partial charge in [0.1, 0.15) is 73.8 Å². The summed E-state index contributed by atoms with van der Waals surface area (Å²) in [5, 5.41) is 4.43. The SMILES string of the molecule is C=CCc1ccc2c(OCC3CO3)c(CC=C)ccc2c1OCC1CO1.CCCCc1ccc2c(OCC3CO3)c(CCCC)ccc2c1OCC1CO1. The van der Waals surface area contributed by atoms with Crippen LogP contribution >= 0.6 is 0 Å². The quantitative estimate of drug-likeness (QED) is 0.0584. The molecule has 4 heterocycles. The van der Waals surface area contributed by atoms with Gasteiger partial charge in [0.05, 0.1) is 26.4 Å². The maximum Gasteiger partial charge on any atom is 0.130 e.